The monoisotopic (exact) mass is 462 g/mol. The average molecular weight is 463 g/mol. The molecule has 29 heavy (non-hydrogen) atoms. The molecular weight excluding hydrogens is 425 g/mol. The number of allylic oxidation sites excluding steroid dienone is 8. The van der Waals surface area contributed by atoms with E-state index < -0.39 is 33.8 Å². The fourth-order valence-electron chi connectivity index (χ4n) is 3.89. The number of hydrogen-bond acceptors (Lipinski definition) is 3. The van der Waals surface area contributed by atoms with Crippen molar-refractivity contribution in [3.05, 3.63) is 73.2 Å². The first-order chi connectivity index (χ1) is 13.5. The van der Waals surface area contributed by atoms with E-state index in [1.807, 2.05) is 11.4 Å². The SMILES string of the molecule is C=C[Si](C)(C)O[Si](C)(C)O[Si](O[Si](C)(C)C=C)(C1C=CC=CC1)C1C=CC=CC1. The first-order valence-corrected chi connectivity index (χ1v) is 21.3. The van der Waals surface area contributed by atoms with Crippen LogP contribution in [-0.2, 0) is 12.3 Å². The highest BCUT2D eigenvalue weighted by atomic mass is 28.5. The zero-order chi connectivity index (χ0) is 21.8. The van der Waals surface area contributed by atoms with E-state index in [2.05, 4.69) is 101 Å². The topological polar surface area (TPSA) is 27.7 Å². The van der Waals surface area contributed by atoms with Crippen LogP contribution < -0.4 is 0 Å². The molecule has 0 fully saturated rings. The maximum atomic E-state index is 7.22. The van der Waals surface area contributed by atoms with Crippen LogP contribution in [0, 0.1) is 0 Å². The second-order valence-electron chi connectivity index (χ2n) is 9.35. The van der Waals surface area contributed by atoms with Gasteiger partial charge in [0.25, 0.3) is 0 Å². The maximum Gasteiger partial charge on any atom is 0.334 e. The van der Waals surface area contributed by atoms with E-state index in [0.717, 1.165) is 12.8 Å². The van der Waals surface area contributed by atoms with Crippen molar-refractivity contribution in [3.8, 4) is 0 Å². The zero-order valence-electron chi connectivity index (χ0n) is 19.0. The van der Waals surface area contributed by atoms with Gasteiger partial charge in [-0.3, -0.25) is 0 Å². The Kier molecular flexibility index (Phi) is 8.05. The molecule has 2 rings (SSSR count). The molecule has 0 aromatic heterocycles. The molecule has 0 radical (unpaired) electrons. The van der Waals surface area contributed by atoms with E-state index in [1.165, 1.54) is 0 Å². The van der Waals surface area contributed by atoms with Crippen LogP contribution in [0.15, 0.2) is 73.2 Å². The van der Waals surface area contributed by atoms with Crippen LogP contribution in [0.3, 0.4) is 0 Å². The molecule has 160 valence electrons. The average Bonchev–Trinajstić information content (AvgIpc) is 2.67. The van der Waals surface area contributed by atoms with E-state index in [1.54, 1.807) is 0 Å². The summed E-state index contributed by atoms with van der Waals surface area (Å²) in [5, 5.41) is 0. The predicted molar refractivity (Wildman–Crippen MR) is 135 cm³/mol. The summed E-state index contributed by atoms with van der Waals surface area (Å²) in [6.45, 7) is 21.2. The van der Waals surface area contributed by atoms with Crippen molar-refractivity contribution in [1.82, 2.24) is 0 Å². The molecule has 2 aliphatic carbocycles. The van der Waals surface area contributed by atoms with Crippen LogP contribution in [-0.4, -0.2) is 33.8 Å². The molecule has 0 heterocycles. The van der Waals surface area contributed by atoms with Crippen LogP contribution in [0.5, 0.6) is 0 Å². The van der Waals surface area contributed by atoms with Crippen molar-refractivity contribution < 1.29 is 12.3 Å². The normalized spacial score (nSPS) is 24.3. The number of rotatable bonds is 10. The summed E-state index contributed by atoms with van der Waals surface area (Å²) in [7, 11) is -9.32. The molecule has 0 saturated carbocycles. The summed E-state index contributed by atoms with van der Waals surface area (Å²) < 4.78 is 21.0. The fourth-order valence-corrected chi connectivity index (χ4v) is 21.7. The second kappa shape index (κ2) is 9.55. The minimum absolute atomic E-state index is 0.254. The Bertz CT molecular complexity index is 690. The molecular formula is C22H38O3Si4. The Balaban J connectivity index is 2.53. The third-order valence-corrected chi connectivity index (χ3v) is 20.9. The summed E-state index contributed by atoms with van der Waals surface area (Å²) in [5.41, 5.74) is 4.53. The molecule has 0 aliphatic heterocycles. The summed E-state index contributed by atoms with van der Waals surface area (Å²) in [4.78, 5) is 0. The summed E-state index contributed by atoms with van der Waals surface area (Å²) >= 11 is 0. The van der Waals surface area contributed by atoms with E-state index in [-0.39, 0.29) is 11.1 Å². The molecule has 0 aromatic carbocycles. The molecule has 0 aromatic rings. The van der Waals surface area contributed by atoms with Crippen molar-refractivity contribution in [2.24, 2.45) is 0 Å². The van der Waals surface area contributed by atoms with E-state index in [9.17, 15) is 0 Å². The summed E-state index contributed by atoms with van der Waals surface area (Å²) in [6, 6.07) is 0. The van der Waals surface area contributed by atoms with Crippen molar-refractivity contribution in [2.75, 3.05) is 0 Å². The second-order valence-corrected chi connectivity index (χ2v) is 24.8. The molecule has 0 spiro atoms. The van der Waals surface area contributed by atoms with Crippen LogP contribution >= 0.6 is 0 Å². The highest BCUT2D eigenvalue weighted by Crippen LogP contribution is 2.47. The zero-order valence-corrected chi connectivity index (χ0v) is 23.0. The van der Waals surface area contributed by atoms with Gasteiger partial charge in [0, 0.05) is 11.1 Å². The standard InChI is InChI=1S/C22H38O3Si4/c1-9-26(3,4)23-28(7,8)25-29(24-27(5,6)10-2,21-17-13-11-14-18-21)22-19-15-12-16-20-22/h9-17,19,21-22H,1-2,18,20H2,3-8H3. The van der Waals surface area contributed by atoms with Crippen molar-refractivity contribution >= 4 is 33.8 Å². The smallest absolute Gasteiger partial charge is 0.334 e. The predicted octanol–water partition coefficient (Wildman–Crippen LogP) is 6.81. The molecule has 2 unspecified atom stereocenters. The Hall–Kier alpha value is -0.812. The van der Waals surface area contributed by atoms with Crippen molar-refractivity contribution in [1.29, 1.82) is 0 Å². The van der Waals surface area contributed by atoms with Gasteiger partial charge >= 0.3 is 17.1 Å². The minimum atomic E-state index is -2.76. The van der Waals surface area contributed by atoms with Gasteiger partial charge in [-0.05, 0) is 52.1 Å². The summed E-state index contributed by atoms with van der Waals surface area (Å²) in [5.74, 6) is 0. The fraction of sp³-hybridized carbons (Fsp3) is 0.455. The molecule has 2 aliphatic rings. The van der Waals surface area contributed by atoms with Gasteiger partial charge < -0.3 is 12.3 Å². The van der Waals surface area contributed by atoms with Crippen LogP contribution in [0.4, 0.5) is 0 Å². The Morgan fingerprint density at radius 1 is 0.690 bits per heavy atom. The third-order valence-electron chi connectivity index (χ3n) is 5.31. The Morgan fingerprint density at radius 3 is 1.52 bits per heavy atom. The maximum absolute atomic E-state index is 7.22. The molecule has 2 atom stereocenters. The van der Waals surface area contributed by atoms with E-state index in [0.29, 0.717) is 0 Å². The lowest BCUT2D eigenvalue weighted by Gasteiger charge is -2.49. The van der Waals surface area contributed by atoms with Crippen LogP contribution in [0.25, 0.3) is 0 Å². The van der Waals surface area contributed by atoms with Crippen molar-refractivity contribution in [3.63, 3.8) is 0 Å². The van der Waals surface area contributed by atoms with E-state index in [4.69, 9.17) is 12.3 Å². The van der Waals surface area contributed by atoms with Crippen LogP contribution in [0.1, 0.15) is 12.8 Å². The summed E-state index contributed by atoms with van der Waals surface area (Å²) in [6.07, 6.45) is 19.5. The lowest BCUT2D eigenvalue weighted by atomic mass is 10.2. The first kappa shape index (κ1) is 24.5. The van der Waals surface area contributed by atoms with Gasteiger partial charge in [0.15, 0.2) is 16.6 Å². The van der Waals surface area contributed by atoms with Gasteiger partial charge in [-0.15, -0.1) is 13.2 Å². The Labute approximate surface area is 182 Å². The van der Waals surface area contributed by atoms with Gasteiger partial charge in [-0.1, -0.05) is 60.0 Å². The lowest BCUT2D eigenvalue weighted by Crippen LogP contribution is -2.62. The number of hydrogen-bond donors (Lipinski definition) is 0. The van der Waals surface area contributed by atoms with Gasteiger partial charge in [-0.2, -0.15) is 0 Å². The van der Waals surface area contributed by atoms with Gasteiger partial charge in [0.1, 0.15) is 0 Å². The molecule has 7 heteroatoms. The van der Waals surface area contributed by atoms with Crippen LogP contribution in [0.2, 0.25) is 50.4 Å². The molecule has 0 N–H and O–H groups in total. The highest BCUT2D eigenvalue weighted by molar-refractivity contribution is 6.93. The van der Waals surface area contributed by atoms with E-state index >= 15 is 0 Å². The molecule has 0 saturated heterocycles. The molecule has 0 amide bonds. The highest BCUT2D eigenvalue weighted by Gasteiger charge is 2.56. The Morgan fingerprint density at radius 2 is 1.14 bits per heavy atom. The molecule has 3 nitrogen and oxygen atoms in total. The largest absolute Gasteiger partial charge is 0.433 e. The first-order valence-electron chi connectivity index (χ1n) is 10.5. The van der Waals surface area contributed by atoms with Gasteiger partial charge in [0.05, 0.1) is 0 Å². The van der Waals surface area contributed by atoms with Gasteiger partial charge in [0.2, 0.25) is 0 Å². The third kappa shape index (κ3) is 6.58. The quantitative estimate of drug-likeness (QED) is 0.334. The van der Waals surface area contributed by atoms with Crippen molar-refractivity contribution in [2.45, 2.75) is 63.2 Å². The minimum Gasteiger partial charge on any atom is -0.433 e. The lowest BCUT2D eigenvalue weighted by molar-refractivity contribution is 0.302. The van der Waals surface area contributed by atoms with Gasteiger partial charge in [-0.25, -0.2) is 0 Å². The molecule has 0 bridgehead atoms.